The van der Waals surface area contributed by atoms with Crippen molar-refractivity contribution >= 4 is 27.5 Å². The molecule has 0 spiro atoms. The van der Waals surface area contributed by atoms with Crippen LogP contribution in [0.2, 0.25) is 0 Å². The van der Waals surface area contributed by atoms with E-state index >= 15 is 0 Å². The van der Waals surface area contributed by atoms with Crippen LogP contribution in [0, 0.1) is 0 Å². The lowest BCUT2D eigenvalue weighted by molar-refractivity contribution is 0.0928. The number of pyridine rings is 1. The van der Waals surface area contributed by atoms with E-state index in [-0.39, 0.29) is 16.8 Å². The summed E-state index contributed by atoms with van der Waals surface area (Å²) in [6.07, 6.45) is 1.20. The summed E-state index contributed by atoms with van der Waals surface area (Å²) in [6.45, 7) is 6.36. The highest BCUT2D eigenvalue weighted by atomic mass is 32.1. The number of carbonyl (C=O) groups is 1. The van der Waals surface area contributed by atoms with Crippen molar-refractivity contribution in [1.82, 2.24) is 4.57 Å². The molecule has 18 heavy (non-hydrogen) atoms. The molecule has 3 nitrogen and oxygen atoms in total. The summed E-state index contributed by atoms with van der Waals surface area (Å²) in [5, 5.41) is 0. The fourth-order valence-electron chi connectivity index (χ4n) is 2.36. The van der Waals surface area contributed by atoms with E-state index in [4.69, 9.17) is 0 Å². The first-order chi connectivity index (χ1) is 8.38. The first kappa shape index (κ1) is 11.7. The molecule has 2 aromatic heterocycles. The Labute approximate surface area is 109 Å². The van der Waals surface area contributed by atoms with Crippen molar-refractivity contribution in [2.45, 2.75) is 39.0 Å². The number of aromatic nitrogens is 1. The maximum absolute atomic E-state index is 12.1. The fourth-order valence-corrected chi connectivity index (χ4v) is 3.47. The minimum atomic E-state index is 0.00518. The van der Waals surface area contributed by atoms with Crippen molar-refractivity contribution in [1.29, 1.82) is 0 Å². The zero-order valence-corrected chi connectivity index (χ0v) is 11.6. The molecule has 94 valence electrons. The lowest BCUT2D eigenvalue weighted by atomic mass is 9.95. The number of aryl methyl sites for hydroxylation is 1. The zero-order chi connectivity index (χ0) is 13.1. The topological polar surface area (TPSA) is 39.1 Å². The summed E-state index contributed by atoms with van der Waals surface area (Å²) in [6, 6.07) is 3.63. The van der Waals surface area contributed by atoms with E-state index in [1.54, 1.807) is 10.6 Å². The lowest BCUT2D eigenvalue weighted by Gasteiger charge is -2.14. The molecule has 3 heterocycles. The van der Waals surface area contributed by atoms with E-state index in [1.807, 2.05) is 6.07 Å². The maximum Gasteiger partial charge on any atom is 0.231 e. The van der Waals surface area contributed by atoms with Gasteiger partial charge in [-0.15, -0.1) is 11.3 Å². The molecule has 2 aromatic rings. The molecule has 0 saturated carbocycles. The molecule has 0 bridgehead atoms. The highest BCUT2D eigenvalue weighted by Gasteiger charge is 2.25. The summed E-state index contributed by atoms with van der Waals surface area (Å²) >= 11 is 1.51. The molecule has 4 heteroatoms. The molecular formula is C14H15NO2S. The van der Waals surface area contributed by atoms with E-state index in [0.717, 1.165) is 16.1 Å². The second-order valence-electron chi connectivity index (χ2n) is 5.80. The van der Waals surface area contributed by atoms with Gasteiger partial charge in [0.2, 0.25) is 5.91 Å². The largest absolute Gasteiger partial charge is 0.288 e. The molecular weight excluding hydrogens is 246 g/mol. The van der Waals surface area contributed by atoms with Gasteiger partial charge in [0.15, 0.2) is 5.43 Å². The van der Waals surface area contributed by atoms with E-state index in [2.05, 4.69) is 20.8 Å². The predicted octanol–water partition coefficient (Wildman–Crippen LogP) is 2.95. The van der Waals surface area contributed by atoms with Crippen molar-refractivity contribution in [2.24, 2.45) is 0 Å². The Morgan fingerprint density at radius 1 is 1.17 bits per heavy atom. The van der Waals surface area contributed by atoms with Gasteiger partial charge < -0.3 is 0 Å². The number of nitrogens with zero attached hydrogens (tertiary/aromatic N) is 1. The summed E-state index contributed by atoms with van der Waals surface area (Å²) < 4.78 is 2.43. The van der Waals surface area contributed by atoms with Gasteiger partial charge in [-0.3, -0.25) is 14.2 Å². The second kappa shape index (κ2) is 3.54. The highest BCUT2D eigenvalue weighted by Crippen LogP contribution is 2.34. The Kier molecular flexibility index (Phi) is 2.29. The summed E-state index contributed by atoms with van der Waals surface area (Å²) in [4.78, 5) is 25.1. The number of hydrogen-bond donors (Lipinski definition) is 0. The molecule has 0 aliphatic carbocycles. The molecule has 0 atom stereocenters. The molecule has 1 aliphatic rings. The fraction of sp³-hybridized carbons (Fsp3) is 0.429. The molecule has 0 N–H and O–H groups in total. The van der Waals surface area contributed by atoms with Crippen molar-refractivity contribution in [3.8, 4) is 0 Å². The normalized spacial score (nSPS) is 15.4. The third kappa shape index (κ3) is 1.56. The Balaban J connectivity index is 2.41. The molecule has 3 rings (SSSR count). The highest BCUT2D eigenvalue weighted by molar-refractivity contribution is 7.19. The van der Waals surface area contributed by atoms with Gasteiger partial charge in [-0.2, -0.15) is 0 Å². The minimum Gasteiger partial charge on any atom is -0.288 e. The van der Waals surface area contributed by atoms with Gasteiger partial charge >= 0.3 is 0 Å². The Hall–Kier alpha value is -1.42. The number of rotatable bonds is 0. The van der Waals surface area contributed by atoms with Gasteiger partial charge in [0, 0.05) is 23.1 Å². The smallest absolute Gasteiger partial charge is 0.231 e. The van der Waals surface area contributed by atoms with Crippen LogP contribution in [0.4, 0.5) is 0 Å². The third-order valence-corrected chi connectivity index (χ3v) is 4.91. The third-order valence-electron chi connectivity index (χ3n) is 3.35. The van der Waals surface area contributed by atoms with Crippen molar-refractivity contribution < 1.29 is 4.79 Å². The predicted molar refractivity (Wildman–Crippen MR) is 73.7 cm³/mol. The summed E-state index contributed by atoms with van der Waals surface area (Å²) in [5.74, 6) is 0.105. The molecule has 0 amide bonds. The van der Waals surface area contributed by atoms with Crippen LogP contribution in [-0.2, 0) is 11.8 Å². The number of thiophene rings is 1. The lowest BCUT2D eigenvalue weighted by Crippen LogP contribution is -2.11. The van der Waals surface area contributed by atoms with Gasteiger partial charge in [-0.1, -0.05) is 20.8 Å². The van der Waals surface area contributed by atoms with Crippen LogP contribution in [0.5, 0.6) is 0 Å². The molecule has 0 unspecified atom stereocenters. The molecule has 0 aromatic carbocycles. The van der Waals surface area contributed by atoms with Crippen LogP contribution in [0.3, 0.4) is 0 Å². The summed E-state index contributed by atoms with van der Waals surface area (Å²) in [5.41, 5.74) is 1.71. The van der Waals surface area contributed by atoms with Crippen molar-refractivity contribution in [3.05, 3.63) is 32.9 Å². The maximum atomic E-state index is 12.1. The van der Waals surface area contributed by atoms with E-state index in [0.29, 0.717) is 17.5 Å². The molecule has 0 saturated heterocycles. The molecule has 0 radical (unpaired) electrons. The van der Waals surface area contributed by atoms with Crippen LogP contribution in [0.15, 0.2) is 16.9 Å². The number of fused-ring (bicyclic) bond motifs is 3. The van der Waals surface area contributed by atoms with Crippen LogP contribution in [-0.4, -0.2) is 10.5 Å². The summed E-state index contributed by atoms with van der Waals surface area (Å²) in [7, 11) is 0. The average molecular weight is 261 g/mol. The van der Waals surface area contributed by atoms with Gasteiger partial charge in [0.25, 0.3) is 0 Å². The Morgan fingerprint density at radius 3 is 2.56 bits per heavy atom. The number of hydrogen-bond acceptors (Lipinski definition) is 3. The van der Waals surface area contributed by atoms with E-state index in [1.165, 1.54) is 11.3 Å². The first-order valence-corrected chi connectivity index (χ1v) is 6.92. The van der Waals surface area contributed by atoms with Crippen molar-refractivity contribution in [3.63, 3.8) is 0 Å². The van der Waals surface area contributed by atoms with Gasteiger partial charge in [0.05, 0.1) is 10.2 Å². The monoisotopic (exact) mass is 261 g/mol. The average Bonchev–Trinajstić information content (AvgIpc) is 2.82. The Bertz CT molecular complexity index is 716. The van der Waals surface area contributed by atoms with E-state index < -0.39 is 0 Å². The minimum absolute atomic E-state index is 0.00518. The van der Waals surface area contributed by atoms with Gasteiger partial charge in [0.1, 0.15) is 0 Å². The van der Waals surface area contributed by atoms with Gasteiger partial charge in [-0.25, -0.2) is 0 Å². The molecule has 1 aliphatic heterocycles. The number of carbonyl (C=O) groups excluding carboxylic acids is 1. The van der Waals surface area contributed by atoms with Gasteiger partial charge in [-0.05, 0) is 17.9 Å². The van der Waals surface area contributed by atoms with Crippen LogP contribution in [0.25, 0.3) is 10.2 Å². The standard InChI is InChI=1S/C14H15NO2S/c1-14(2,3)11-7-9-13(18-11)10(16)6-8-4-5-12(17)15(8)9/h6-7H,4-5H2,1-3H3. The van der Waals surface area contributed by atoms with Crippen LogP contribution >= 0.6 is 11.3 Å². The Morgan fingerprint density at radius 2 is 1.89 bits per heavy atom. The van der Waals surface area contributed by atoms with Crippen LogP contribution in [0.1, 0.15) is 42.6 Å². The SMILES string of the molecule is CC(C)(C)c1cc2c(s1)c(=O)cc1n2C(=O)CC1. The first-order valence-electron chi connectivity index (χ1n) is 6.10. The van der Waals surface area contributed by atoms with E-state index in [9.17, 15) is 9.59 Å². The zero-order valence-electron chi connectivity index (χ0n) is 10.7. The van der Waals surface area contributed by atoms with Crippen LogP contribution < -0.4 is 5.43 Å². The van der Waals surface area contributed by atoms with Crippen molar-refractivity contribution in [2.75, 3.05) is 0 Å². The molecule has 0 fully saturated rings. The quantitative estimate of drug-likeness (QED) is 0.731. The second-order valence-corrected chi connectivity index (χ2v) is 6.86.